The Labute approximate surface area is 143 Å². The Morgan fingerprint density at radius 2 is 1.58 bits per heavy atom. The third-order valence-electron chi connectivity index (χ3n) is 3.65. The fraction of sp³-hybridized carbons (Fsp3) is 0.278. The summed E-state index contributed by atoms with van der Waals surface area (Å²) in [5, 5.41) is 2.62. The van der Waals surface area contributed by atoms with E-state index in [4.69, 9.17) is 11.6 Å². The van der Waals surface area contributed by atoms with Gasteiger partial charge in [0.25, 0.3) is 5.91 Å². The Balaban J connectivity index is 2.35. The molecule has 0 saturated carbocycles. The third kappa shape index (κ3) is 4.09. The van der Waals surface area contributed by atoms with Crippen molar-refractivity contribution in [3.63, 3.8) is 0 Å². The van der Waals surface area contributed by atoms with Gasteiger partial charge in [0, 0.05) is 10.6 Å². The maximum absolute atomic E-state index is 12.9. The van der Waals surface area contributed by atoms with Crippen molar-refractivity contribution in [1.82, 2.24) is 5.32 Å². The minimum atomic E-state index is -4.54. The van der Waals surface area contributed by atoms with Gasteiger partial charge in [-0.3, -0.25) is 4.79 Å². The molecule has 2 rings (SSSR count). The normalized spacial score (nSPS) is 12.1. The topological polar surface area (TPSA) is 29.1 Å². The molecule has 0 fully saturated rings. The lowest BCUT2D eigenvalue weighted by Gasteiger charge is -2.29. The van der Waals surface area contributed by atoms with E-state index in [2.05, 4.69) is 0 Å². The number of benzene rings is 2. The zero-order valence-electron chi connectivity index (χ0n) is 13.5. The van der Waals surface area contributed by atoms with E-state index in [-0.39, 0.29) is 5.56 Å². The summed E-state index contributed by atoms with van der Waals surface area (Å²) in [4.78, 5) is 12.3. The highest BCUT2D eigenvalue weighted by Crippen LogP contribution is 2.30. The molecule has 24 heavy (non-hydrogen) atoms. The summed E-state index contributed by atoms with van der Waals surface area (Å²) in [5.74, 6) is -0.767. The number of amides is 1. The number of aryl methyl sites for hydroxylation is 1. The van der Waals surface area contributed by atoms with Gasteiger partial charge >= 0.3 is 6.18 Å². The van der Waals surface area contributed by atoms with Crippen molar-refractivity contribution in [3.05, 3.63) is 58.6 Å². The number of hydrogen-bond acceptors (Lipinski definition) is 1. The van der Waals surface area contributed by atoms with Crippen LogP contribution in [0, 0.1) is 6.92 Å². The summed E-state index contributed by atoms with van der Waals surface area (Å²) in [6.07, 6.45) is -4.54. The van der Waals surface area contributed by atoms with E-state index >= 15 is 0 Å². The van der Waals surface area contributed by atoms with Gasteiger partial charge in [-0.1, -0.05) is 29.8 Å². The van der Waals surface area contributed by atoms with Gasteiger partial charge in [-0.2, -0.15) is 13.2 Å². The molecular formula is C18H17ClF3NO. The maximum atomic E-state index is 12.9. The van der Waals surface area contributed by atoms with E-state index in [0.29, 0.717) is 5.02 Å². The fourth-order valence-corrected chi connectivity index (χ4v) is 2.28. The Kier molecular flexibility index (Phi) is 4.95. The molecule has 0 aromatic heterocycles. The molecule has 0 radical (unpaired) electrons. The molecule has 0 aliphatic heterocycles. The number of carbonyl (C=O) groups is 1. The summed E-state index contributed by atoms with van der Waals surface area (Å²) in [6.45, 7) is 3.65. The van der Waals surface area contributed by atoms with E-state index in [1.54, 1.807) is 43.3 Å². The lowest BCUT2D eigenvalue weighted by molar-refractivity contribution is -0.182. The quantitative estimate of drug-likeness (QED) is 0.786. The van der Waals surface area contributed by atoms with Gasteiger partial charge in [-0.25, -0.2) is 0 Å². The summed E-state index contributed by atoms with van der Waals surface area (Å²) in [7, 11) is 0. The monoisotopic (exact) mass is 355 g/mol. The van der Waals surface area contributed by atoms with Crippen molar-refractivity contribution in [3.8, 4) is 11.1 Å². The van der Waals surface area contributed by atoms with Gasteiger partial charge in [-0.15, -0.1) is 0 Å². The molecule has 0 atom stereocenters. The molecule has 0 aliphatic rings. The Morgan fingerprint density at radius 3 is 2.12 bits per heavy atom. The number of alkyl halides is 3. The second-order valence-corrected chi connectivity index (χ2v) is 6.61. The van der Waals surface area contributed by atoms with Crippen LogP contribution in [0.4, 0.5) is 13.2 Å². The van der Waals surface area contributed by atoms with Crippen LogP contribution in [0.2, 0.25) is 5.02 Å². The number of halogens is 4. The lowest BCUT2D eigenvalue weighted by atomic mass is 9.98. The van der Waals surface area contributed by atoms with Crippen molar-refractivity contribution < 1.29 is 18.0 Å². The number of hydrogen-bond donors (Lipinski definition) is 1. The van der Waals surface area contributed by atoms with Gasteiger partial charge in [0.05, 0.1) is 0 Å². The predicted molar refractivity (Wildman–Crippen MR) is 89.2 cm³/mol. The second-order valence-electron chi connectivity index (χ2n) is 6.17. The molecule has 1 N–H and O–H groups in total. The van der Waals surface area contributed by atoms with Crippen LogP contribution < -0.4 is 5.32 Å². The van der Waals surface area contributed by atoms with Crippen molar-refractivity contribution in [2.24, 2.45) is 0 Å². The molecular weight excluding hydrogens is 339 g/mol. The van der Waals surface area contributed by atoms with Crippen LogP contribution in [0.15, 0.2) is 42.5 Å². The Hall–Kier alpha value is -2.01. The highest BCUT2D eigenvalue weighted by atomic mass is 35.5. The lowest BCUT2D eigenvalue weighted by Crippen LogP contribution is -2.54. The first kappa shape index (κ1) is 18.3. The first-order chi connectivity index (χ1) is 11.0. The zero-order valence-corrected chi connectivity index (χ0v) is 14.2. The Bertz CT molecular complexity index is 752. The van der Waals surface area contributed by atoms with Gasteiger partial charge < -0.3 is 5.32 Å². The van der Waals surface area contributed by atoms with Crippen LogP contribution >= 0.6 is 11.6 Å². The van der Waals surface area contributed by atoms with Crippen molar-refractivity contribution in [2.75, 3.05) is 0 Å². The molecule has 2 nitrogen and oxygen atoms in total. The number of rotatable bonds is 3. The molecule has 0 saturated heterocycles. The summed E-state index contributed by atoms with van der Waals surface area (Å²) in [5.41, 5.74) is 0.206. The molecule has 1 amide bonds. The smallest absolute Gasteiger partial charge is 0.338 e. The van der Waals surface area contributed by atoms with E-state index in [1.165, 1.54) is 0 Å². The standard InChI is InChI=1S/C18H17ClF3NO/c1-11-8-13(12-4-6-15(19)7-5-12)10-14(9-11)16(24)23-17(2,3)18(20,21)22/h4-10H,1-3H3,(H,23,24). The van der Waals surface area contributed by atoms with Crippen LogP contribution in [0.1, 0.15) is 29.8 Å². The minimum Gasteiger partial charge on any atom is -0.338 e. The average Bonchev–Trinajstić information content (AvgIpc) is 2.45. The molecule has 2 aromatic rings. The molecule has 0 unspecified atom stereocenters. The van der Waals surface area contributed by atoms with Crippen LogP contribution in [0.5, 0.6) is 0 Å². The van der Waals surface area contributed by atoms with Gasteiger partial charge in [0.2, 0.25) is 0 Å². The first-order valence-corrected chi connectivity index (χ1v) is 7.64. The fourth-order valence-electron chi connectivity index (χ4n) is 2.15. The van der Waals surface area contributed by atoms with E-state index in [9.17, 15) is 18.0 Å². The SMILES string of the molecule is Cc1cc(C(=O)NC(C)(C)C(F)(F)F)cc(-c2ccc(Cl)cc2)c1. The minimum absolute atomic E-state index is 0.178. The maximum Gasteiger partial charge on any atom is 0.410 e. The van der Waals surface area contributed by atoms with Crippen LogP contribution in [-0.4, -0.2) is 17.6 Å². The molecule has 0 heterocycles. The van der Waals surface area contributed by atoms with Gasteiger partial charge in [0.1, 0.15) is 5.54 Å². The van der Waals surface area contributed by atoms with Crippen molar-refractivity contribution in [1.29, 1.82) is 0 Å². The molecule has 0 bridgehead atoms. The molecule has 6 heteroatoms. The first-order valence-electron chi connectivity index (χ1n) is 7.26. The number of carbonyl (C=O) groups excluding carboxylic acids is 1. The van der Waals surface area contributed by atoms with E-state index < -0.39 is 17.6 Å². The van der Waals surface area contributed by atoms with Gasteiger partial charge in [-0.05, 0) is 61.7 Å². The molecule has 2 aromatic carbocycles. The van der Waals surface area contributed by atoms with Crippen molar-refractivity contribution >= 4 is 17.5 Å². The summed E-state index contributed by atoms with van der Waals surface area (Å²) < 4.78 is 38.8. The number of nitrogens with one attached hydrogen (secondary N) is 1. The summed E-state index contributed by atoms with van der Waals surface area (Å²) >= 11 is 5.86. The third-order valence-corrected chi connectivity index (χ3v) is 3.90. The second kappa shape index (κ2) is 6.48. The van der Waals surface area contributed by atoms with E-state index in [0.717, 1.165) is 30.5 Å². The van der Waals surface area contributed by atoms with Crippen LogP contribution in [0.25, 0.3) is 11.1 Å². The van der Waals surface area contributed by atoms with E-state index in [1.807, 2.05) is 11.4 Å². The van der Waals surface area contributed by atoms with Gasteiger partial charge in [0.15, 0.2) is 0 Å². The van der Waals surface area contributed by atoms with Crippen LogP contribution in [-0.2, 0) is 0 Å². The molecule has 0 spiro atoms. The predicted octanol–water partition coefficient (Wildman–Crippen LogP) is 5.39. The highest BCUT2D eigenvalue weighted by molar-refractivity contribution is 6.30. The largest absolute Gasteiger partial charge is 0.410 e. The van der Waals surface area contributed by atoms with Crippen molar-refractivity contribution in [2.45, 2.75) is 32.5 Å². The molecule has 128 valence electrons. The summed E-state index contributed by atoms with van der Waals surface area (Å²) in [6, 6.07) is 12.0. The Morgan fingerprint density at radius 1 is 1.00 bits per heavy atom. The zero-order chi connectivity index (χ0) is 18.1. The highest BCUT2D eigenvalue weighted by Gasteiger charge is 2.48. The van der Waals surface area contributed by atoms with Crippen LogP contribution in [0.3, 0.4) is 0 Å². The average molecular weight is 356 g/mol. The molecule has 0 aliphatic carbocycles.